The van der Waals surface area contributed by atoms with Crippen LogP contribution in [-0.2, 0) is 4.74 Å². The molecule has 5 nitrogen and oxygen atoms in total. The highest BCUT2D eigenvalue weighted by Gasteiger charge is 2.29. The van der Waals surface area contributed by atoms with Crippen molar-refractivity contribution >= 4 is 0 Å². The van der Waals surface area contributed by atoms with Gasteiger partial charge in [0, 0.05) is 18.7 Å². The van der Waals surface area contributed by atoms with Gasteiger partial charge in [0.15, 0.2) is 0 Å². The van der Waals surface area contributed by atoms with Gasteiger partial charge in [0.2, 0.25) is 11.7 Å². The lowest BCUT2D eigenvalue weighted by Crippen LogP contribution is -2.40. The minimum atomic E-state index is -0.242. The molecule has 0 radical (unpaired) electrons. The second-order valence-corrected chi connectivity index (χ2v) is 6.40. The molecular weight excluding hydrogens is 333 g/mol. The summed E-state index contributed by atoms with van der Waals surface area (Å²) in [5.74, 6) is 0.938. The topological polar surface area (TPSA) is 51.4 Å². The number of aromatic nitrogens is 2. The van der Waals surface area contributed by atoms with E-state index in [9.17, 15) is 4.39 Å². The lowest BCUT2D eigenvalue weighted by Gasteiger charge is -2.35. The Bertz CT molecular complexity index is 851. The Labute approximate surface area is 151 Å². The average molecular weight is 353 g/mol. The fourth-order valence-electron chi connectivity index (χ4n) is 3.17. The van der Waals surface area contributed by atoms with Gasteiger partial charge in [-0.3, -0.25) is 4.90 Å². The highest BCUT2D eigenvalue weighted by atomic mass is 19.1. The highest BCUT2D eigenvalue weighted by Crippen LogP contribution is 2.29. The fraction of sp³-hybridized carbons (Fsp3) is 0.300. The van der Waals surface area contributed by atoms with Crippen molar-refractivity contribution in [2.75, 3.05) is 19.7 Å². The van der Waals surface area contributed by atoms with Gasteiger partial charge < -0.3 is 9.26 Å². The van der Waals surface area contributed by atoms with E-state index in [1.807, 2.05) is 30.3 Å². The van der Waals surface area contributed by atoms with Crippen molar-refractivity contribution in [2.45, 2.75) is 19.1 Å². The van der Waals surface area contributed by atoms with Gasteiger partial charge >= 0.3 is 0 Å². The van der Waals surface area contributed by atoms with Crippen LogP contribution in [0.15, 0.2) is 59.1 Å². The van der Waals surface area contributed by atoms with Crippen molar-refractivity contribution in [1.82, 2.24) is 15.0 Å². The van der Waals surface area contributed by atoms with Crippen LogP contribution in [0.5, 0.6) is 0 Å². The summed E-state index contributed by atoms with van der Waals surface area (Å²) < 4.78 is 24.5. The van der Waals surface area contributed by atoms with Crippen LogP contribution in [-0.4, -0.2) is 34.7 Å². The second kappa shape index (κ2) is 7.35. The predicted octanol–water partition coefficient (Wildman–Crippen LogP) is 4.01. The van der Waals surface area contributed by atoms with Gasteiger partial charge in [-0.05, 0) is 24.6 Å². The molecule has 0 saturated carbocycles. The van der Waals surface area contributed by atoms with E-state index in [2.05, 4.69) is 22.0 Å². The maximum Gasteiger partial charge on any atom is 0.244 e. The number of hydrogen-bond acceptors (Lipinski definition) is 5. The number of nitrogens with zero attached hydrogens (tertiary/aromatic N) is 3. The van der Waals surface area contributed by atoms with Gasteiger partial charge in [-0.2, -0.15) is 4.98 Å². The van der Waals surface area contributed by atoms with Crippen molar-refractivity contribution in [3.05, 3.63) is 71.9 Å². The molecule has 0 N–H and O–H groups in total. The standard InChI is InChI=1S/C20H20FN3O2/c1-14(20-22-19(23-26-20)16-5-3-2-4-6-16)24-11-12-25-18(13-24)15-7-9-17(21)10-8-15/h2-10,14,18H,11-13H2,1H3/t14-,18-/m0/s1. The molecule has 0 spiro atoms. The number of rotatable bonds is 4. The van der Waals surface area contributed by atoms with Gasteiger partial charge in [-0.25, -0.2) is 4.39 Å². The lowest BCUT2D eigenvalue weighted by atomic mass is 10.1. The third kappa shape index (κ3) is 3.52. The van der Waals surface area contributed by atoms with Gasteiger partial charge in [0.05, 0.1) is 18.8 Å². The molecule has 2 heterocycles. The highest BCUT2D eigenvalue weighted by molar-refractivity contribution is 5.53. The van der Waals surface area contributed by atoms with E-state index in [1.54, 1.807) is 12.1 Å². The average Bonchev–Trinajstić information content (AvgIpc) is 3.19. The van der Waals surface area contributed by atoms with Crippen LogP contribution in [0.3, 0.4) is 0 Å². The molecule has 0 bridgehead atoms. The quantitative estimate of drug-likeness (QED) is 0.709. The summed E-state index contributed by atoms with van der Waals surface area (Å²) in [5.41, 5.74) is 1.90. The molecule has 0 aliphatic carbocycles. The van der Waals surface area contributed by atoms with Gasteiger partial charge in [-0.1, -0.05) is 47.6 Å². The van der Waals surface area contributed by atoms with Gasteiger partial charge in [0.25, 0.3) is 0 Å². The van der Waals surface area contributed by atoms with Crippen LogP contribution in [0.25, 0.3) is 11.4 Å². The van der Waals surface area contributed by atoms with Crippen LogP contribution in [0.1, 0.15) is 30.5 Å². The monoisotopic (exact) mass is 353 g/mol. The molecule has 3 aromatic rings. The molecule has 1 aliphatic rings. The van der Waals surface area contributed by atoms with E-state index in [1.165, 1.54) is 12.1 Å². The largest absolute Gasteiger partial charge is 0.371 e. The summed E-state index contributed by atoms with van der Waals surface area (Å²) in [7, 11) is 0. The Hall–Kier alpha value is -2.57. The van der Waals surface area contributed by atoms with E-state index in [4.69, 9.17) is 9.26 Å². The van der Waals surface area contributed by atoms with Crippen molar-refractivity contribution in [1.29, 1.82) is 0 Å². The van der Waals surface area contributed by atoms with Crippen LogP contribution in [0.4, 0.5) is 4.39 Å². The molecule has 1 aliphatic heterocycles. The summed E-state index contributed by atoms with van der Waals surface area (Å²) in [4.78, 5) is 6.80. The first-order valence-corrected chi connectivity index (χ1v) is 8.71. The molecule has 2 aromatic carbocycles. The van der Waals surface area contributed by atoms with E-state index in [0.717, 1.165) is 17.7 Å². The van der Waals surface area contributed by atoms with Crippen LogP contribution < -0.4 is 0 Å². The Morgan fingerprint density at radius 1 is 1.12 bits per heavy atom. The zero-order valence-electron chi connectivity index (χ0n) is 14.5. The number of halogens is 1. The summed E-state index contributed by atoms with van der Waals surface area (Å²) in [6.45, 7) is 4.12. The third-order valence-electron chi connectivity index (χ3n) is 4.72. The second-order valence-electron chi connectivity index (χ2n) is 6.40. The lowest BCUT2D eigenvalue weighted by molar-refractivity contribution is -0.0469. The fourth-order valence-corrected chi connectivity index (χ4v) is 3.17. The maximum absolute atomic E-state index is 13.1. The molecule has 0 amide bonds. The van der Waals surface area contributed by atoms with E-state index in [0.29, 0.717) is 24.9 Å². The van der Waals surface area contributed by atoms with Crippen molar-refractivity contribution in [3.8, 4) is 11.4 Å². The Morgan fingerprint density at radius 2 is 1.88 bits per heavy atom. The molecule has 26 heavy (non-hydrogen) atoms. The normalized spacial score (nSPS) is 19.4. The molecule has 6 heteroatoms. The van der Waals surface area contributed by atoms with Crippen molar-refractivity contribution in [3.63, 3.8) is 0 Å². The Balaban J connectivity index is 1.48. The molecule has 1 fully saturated rings. The third-order valence-corrected chi connectivity index (χ3v) is 4.72. The minimum absolute atomic E-state index is 0.0215. The van der Waals surface area contributed by atoms with Gasteiger partial charge in [-0.15, -0.1) is 0 Å². The first kappa shape index (κ1) is 16.9. The first-order valence-electron chi connectivity index (χ1n) is 8.71. The van der Waals surface area contributed by atoms with E-state index in [-0.39, 0.29) is 18.0 Å². The number of hydrogen-bond donors (Lipinski definition) is 0. The minimum Gasteiger partial charge on any atom is -0.371 e. The Morgan fingerprint density at radius 3 is 2.65 bits per heavy atom. The smallest absolute Gasteiger partial charge is 0.244 e. The number of benzene rings is 2. The van der Waals surface area contributed by atoms with Gasteiger partial charge in [0.1, 0.15) is 5.82 Å². The van der Waals surface area contributed by atoms with E-state index >= 15 is 0 Å². The molecule has 4 rings (SSSR count). The Kier molecular flexibility index (Phi) is 4.77. The van der Waals surface area contributed by atoms with Crippen molar-refractivity contribution in [2.24, 2.45) is 0 Å². The molecular formula is C20H20FN3O2. The molecule has 0 unspecified atom stereocenters. The van der Waals surface area contributed by atoms with Crippen molar-refractivity contribution < 1.29 is 13.7 Å². The zero-order chi connectivity index (χ0) is 17.9. The van der Waals surface area contributed by atoms with E-state index < -0.39 is 0 Å². The molecule has 1 aromatic heterocycles. The number of morpholine rings is 1. The summed E-state index contributed by atoms with van der Waals surface area (Å²) in [5, 5.41) is 4.10. The molecule has 134 valence electrons. The van der Waals surface area contributed by atoms with Crippen LogP contribution in [0, 0.1) is 5.82 Å². The maximum atomic E-state index is 13.1. The predicted molar refractivity (Wildman–Crippen MR) is 94.8 cm³/mol. The summed E-state index contributed by atoms with van der Waals surface area (Å²) in [6.07, 6.45) is -0.0942. The SMILES string of the molecule is C[C@@H](c1nc(-c2ccccc2)no1)N1CCO[C@H](c2ccc(F)cc2)C1. The number of ether oxygens (including phenoxy) is 1. The molecule has 1 saturated heterocycles. The molecule has 2 atom stereocenters. The summed E-state index contributed by atoms with van der Waals surface area (Å²) >= 11 is 0. The van der Waals surface area contributed by atoms with Crippen LogP contribution in [0.2, 0.25) is 0 Å². The first-order chi connectivity index (χ1) is 12.7. The summed E-state index contributed by atoms with van der Waals surface area (Å²) in [6, 6.07) is 16.2. The van der Waals surface area contributed by atoms with Crippen LogP contribution >= 0.6 is 0 Å². The zero-order valence-corrected chi connectivity index (χ0v) is 14.5.